The molecule has 2 saturated heterocycles. The average Bonchev–Trinajstić information content (AvgIpc) is 3.32. The predicted octanol–water partition coefficient (Wildman–Crippen LogP) is 7.12. The van der Waals surface area contributed by atoms with Crippen LogP contribution in [0.15, 0.2) is 47.6 Å². The zero-order valence-electron chi connectivity index (χ0n) is 41.1. The van der Waals surface area contributed by atoms with E-state index in [9.17, 15) is 34.2 Å². The van der Waals surface area contributed by atoms with E-state index in [0.29, 0.717) is 68.4 Å². The molecule has 1 aromatic carbocycles. The molecule has 1 saturated carbocycles. The number of hydrogen-bond donors (Lipinski definition) is 2. The summed E-state index contributed by atoms with van der Waals surface area (Å²) in [5.74, 6) is -7.62. The van der Waals surface area contributed by atoms with Gasteiger partial charge in [0.15, 0.2) is 5.78 Å². The van der Waals surface area contributed by atoms with Gasteiger partial charge in [0.05, 0.1) is 30.5 Å². The van der Waals surface area contributed by atoms with E-state index in [2.05, 4.69) is 0 Å². The monoisotopic (exact) mass is 958 g/mol. The lowest BCUT2D eigenvalue weighted by Crippen LogP contribution is -2.64. The van der Waals surface area contributed by atoms with Gasteiger partial charge in [0.1, 0.15) is 30.6 Å². The minimum atomic E-state index is -2.53. The maximum Gasteiger partial charge on any atom is 0.329 e. The van der Waals surface area contributed by atoms with Crippen molar-refractivity contribution in [1.29, 1.82) is 0 Å². The highest BCUT2D eigenvalue weighted by molar-refractivity contribution is 6.39. The highest BCUT2D eigenvalue weighted by Gasteiger charge is 2.56. The summed E-state index contributed by atoms with van der Waals surface area (Å²) >= 11 is 5.99. The number of fused-ring (bicyclic) bond motifs is 3. The van der Waals surface area contributed by atoms with Gasteiger partial charge in [-0.3, -0.25) is 19.2 Å². The largest absolute Gasteiger partial charge is 0.456 e. The molecule has 2 N–H and O–H groups in total. The third-order valence-corrected chi connectivity index (χ3v) is 15.0. The molecule has 14 atom stereocenters. The Hall–Kier alpha value is -3.34. The van der Waals surface area contributed by atoms with Gasteiger partial charge in [0, 0.05) is 63.5 Å². The zero-order valence-corrected chi connectivity index (χ0v) is 41.8. The van der Waals surface area contributed by atoms with Crippen molar-refractivity contribution in [3.05, 3.63) is 58.7 Å². The van der Waals surface area contributed by atoms with Crippen molar-refractivity contribution in [2.24, 2.45) is 29.6 Å². The molecule has 2 bridgehead atoms. The topological polar surface area (TPSA) is 184 Å². The number of esters is 1. The fraction of sp³-hybridized carbons (Fsp3) is 0.712. The fourth-order valence-corrected chi connectivity index (χ4v) is 10.8. The molecule has 3 heterocycles. The number of benzene rings is 1. The van der Waals surface area contributed by atoms with Crippen molar-refractivity contribution in [1.82, 2.24) is 4.90 Å². The van der Waals surface area contributed by atoms with E-state index in [0.717, 1.165) is 11.1 Å². The first-order chi connectivity index (χ1) is 31.9. The fourth-order valence-electron chi connectivity index (χ4n) is 10.7. The molecule has 67 heavy (non-hydrogen) atoms. The molecule has 3 fully saturated rings. The molecule has 4 aliphatic rings. The van der Waals surface area contributed by atoms with Gasteiger partial charge < -0.3 is 43.5 Å². The van der Waals surface area contributed by atoms with Crippen LogP contribution < -0.4 is 0 Å². The molecule has 1 aliphatic carbocycles. The van der Waals surface area contributed by atoms with E-state index in [-0.39, 0.29) is 68.0 Å². The number of methoxy groups -OCH3 is 3. The first-order valence-corrected chi connectivity index (χ1v) is 24.8. The molecule has 0 aromatic heterocycles. The minimum absolute atomic E-state index is 0.0166. The van der Waals surface area contributed by atoms with Crippen molar-refractivity contribution in [2.75, 3.05) is 34.5 Å². The second-order valence-corrected chi connectivity index (χ2v) is 20.0. The Morgan fingerprint density at radius 3 is 2.31 bits per heavy atom. The Morgan fingerprint density at radius 1 is 0.940 bits per heavy atom. The van der Waals surface area contributed by atoms with Crippen LogP contribution in [0.5, 0.6) is 0 Å². The average molecular weight is 959 g/mol. The van der Waals surface area contributed by atoms with E-state index < -0.39 is 77.8 Å². The molecular weight excluding hydrogens is 882 g/mol. The number of halogens is 1. The number of amides is 1. The normalized spacial score (nSPS) is 36.6. The minimum Gasteiger partial charge on any atom is -0.456 e. The first-order valence-electron chi connectivity index (χ1n) is 24.3. The number of cyclic esters (lactones) is 1. The maximum absolute atomic E-state index is 14.5. The van der Waals surface area contributed by atoms with E-state index in [1.807, 2.05) is 45.9 Å². The first kappa shape index (κ1) is 54.6. The highest BCUT2D eigenvalue weighted by Crippen LogP contribution is 2.39. The van der Waals surface area contributed by atoms with Crippen LogP contribution in [0.2, 0.25) is 0 Å². The van der Waals surface area contributed by atoms with Crippen LogP contribution in [0.4, 0.5) is 0 Å². The second kappa shape index (κ2) is 25.0. The molecule has 374 valence electrons. The van der Waals surface area contributed by atoms with Crippen LogP contribution in [0.1, 0.15) is 128 Å². The van der Waals surface area contributed by atoms with Crippen LogP contribution in [0.25, 0.3) is 0 Å². The number of allylic oxidation sites excluding steroid dienone is 3. The number of ketones is 3. The highest BCUT2D eigenvalue weighted by atomic mass is 35.5. The van der Waals surface area contributed by atoms with Gasteiger partial charge in [-0.05, 0) is 107 Å². The summed E-state index contributed by atoms with van der Waals surface area (Å²) < 4.78 is 36.4. The number of aliphatic hydroxyl groups is 2. The Bertz CT molecular complexity index is 1940. The van der Waals surface area contributed by atoms with E-state index >= 15 is 0 Å². The molecule has 1 amide bonds. The summed E-state index contributed by atoms with van der Waals surface area (Å²) in [6.07, 6.45) is 3.71. The van der Waals surface area contributed by atoms with Gasteiger partial charge >= 0.3 is 5.97 Å². The maximum atomic E-state index is 14.5. The Labute approximate surface area is 402 Å². The Kier molecular flexibility index (Phi) is 20.4. The van der Waals surface area contributed by atoms with Crippen LogP contribution in [-0.2, 0) is 53.5 Å². The molecule has 5 rings (SSSR count). The van der Waals surface area contributed by atoms with Gasteiger partial charge in [0.25, 0.3) is 11.7 Å². The Balaban J connectivity index is 1.44. The number of aliphatic hydroxyl groups excluding tert-OH is 1. The third-order valence-electron chi connectivity index (χ3n) is 14.7. The van der Waals surface area contributed by atoms with Crippen molar-refractivity contribution in [3.63, 3.8) is 0 Å². The van der Waals surface area contributed by atoms with Crippen LogP contribution in [-0.4, -0.2) is 133 Å². The third kappa shape index (κ3) is 13.5. The number of Topliss-reactive ketones (excluding diaryl/α,β-unsaturated/α-hetero) is 3. The Morgan fingerprint density at radius 2 is 1.64 bits per heavy atom. The van der Waals surface area contributed by atoms with E-state index in [1.165, 1.54) is 19.1 Å². The molecule has 3 aliphatic heterocycles. The molecule has 14 unspecified atom stereocenters. The molecule has 14 nitrogen and oxygen atoms in total. The number of rotatable bonds is 11. The van der Waals surface area contributed by atoms with Crippen molar-refractivity contribution >= 4 is 40.8 Å². The number of carbonyl (C=O) groups is 5. The number of piperidine rings is 1. The van der Waals surface area contributed by atoms with Gasteiger partial charge in [0.2, 0.25) is 5.79 Å². The molecular formula is C52H76ClNO13. The predicted molar refractivity (Wildman–Crippen MR) is 252 cm³/mol. The molecule has 0 spiro atoms. The van der Waals surface area contributed by atoms with Gasteiger partial charge in [-0.1, -0.05) is 63.6 Å². The number of alkyl halides is 1. The number of ether oxygens (including phenoxy) is 6. The lowest BCUT2D eigenvalue weighted by molar-refractivity contribution is -0.302. The van der Waals surface area contributed by atoms with Crippen molar-refractivity contribution < 1.29 is 62.6 Å². The van der Waals surface area contributed by atoms with Crippen LogP contribution >= 0.6 is 11.6 Å². The molecule has 0 radical (unpaired) electrons. The lowest BCUT2D eigenvalue weighted by Gasteiger charge is -2.47. The quantitative estimate of drug-likeness (QED) is 0.0753. The van der Waals surface area contributed by atoms with Crippen LogP contribution in [0.3, 0.4) is 0 Å². The van der Waals surface area contributed by atoms with Crippen molar-refractivity contribution in [2.45, 2.75) is 173 Å². The summed E-state index contributed by atoms with van der Waals surface area (Å²) in [5, 5.41) is 24.0. The second-order valence-electron chi connectivity index (χ2n) is 19.7. The number of nitrogens with zero attached hydrogens (tertiary/aromatic N) is 1. The summed E-state index contributed by atoms with van der Waals surface area (Å²) in [6.45, 7) is 11.1. The van der Waals surface area contributed by atoms with E-state index in [4.69, 9.17) is 40.0 Å². The van der Waals surface area contributed by atoms with E-state index in [1.54, 1.807) is 39.2 Å². The standard InChI is InChI=1S/C52H76ClNO13/c1-10-37-21-30(2)20-31(3)22-45(63-8)48-46(64-9)24-33(5)52(61,67-48)49(58)50(59)54-19-12-11-16-39(54)51(60)66-47(34(6)40(55)27-41(37)56)32(4)23-35-17-18-43(44(26-35)62-7)65-29-42(57)38-15-13-14-36(25-38)28-53/h13-15,21,23,25,31,33-35,37,39-40,43-48,55,61H,10-12,16-20,22,24,26-29H2,1-9H3/b30-21+,32-23?. The smallest absolute Gasteiger partial charge is 0.329 e. The lowest BCUT2D eigenvalue weighted by atomic mass is 9.81. The number of carbonyl (C=O) groups excluding carboxylic acids is 5. The molecule has 1 aromatic rings. The van der Waals surface area contributed by atoms with Gasteiger partial charge in [-0.15, -0.1) is 11.6 Å². The van der Waals surface area contributed by atoms with Crippen molar-refractivity contribution in [3.8, 4) is 0 Å². The summed E-state index contributed by atoms with van der Waals surface area (Å²) in [6, 6.07) is 5.99. The number of hydrogen-bond acceptors (Lipinski definition) is 13. The summed E-state index contributed by atoms with van der Waals surface area (Å²) in [5.41, 5.74) is 2.99. The van der Waals surface area contributed by atoms with Crippen LogP contribution in [0, 0.1) is 29.6 Å². The zero-order chi connectivity index (χ0) is 49.2. The van der Waals surface area contributed by atoms with Gasteiger partial charge in [-0.2, -0.15) is 0 Å². The molecule has 15 heteroatoms. The SMILES string of the molecule is CCC1/C=C(\C)CC(C)CC(OC)C2OC(O)(C(=O)C(=O)N3CCCCC3C(=O)OC(C(C)=CC3CCC(OCC(=O)c4cccc(CCl)c4)C(OC)C3)C(C)C(O)CC1=O)C(C)CC2OC. The van der Waals surface area contributed by atoms with Gasteiger partial charge in [-0.25, -0.2) is 4.79 Å². The summed E-state index contributed by atoms with van der Waals surface area (Å²) in [7, 11) is 4.66. The summed E-state index contributed by atoms with van der Waals surface area (Å²) in [4.78, 5) is 71.4.